The molecule has 0 saturated carbocycles. The summed E-state index contributed by atoms with van der Waals surface area (Å²) < 4.78 is 1.02. The van der Waals surface area contributed by atoms with E-state index in [4.69, 9.17) is 0 Å². The number of hydrogen-bond acceptors (Lipinski definition) is 3. The Morgan fingerprint density at radius 2 is 2.25 bits per heavy atom. The fourth-order valence-electron chi connectivity index (χ4n) is 3.01. The molecule has 1 N–H and O–H groups in total. The predicted molar refractivity (Wildman–Crippen MR) is 83.7 cm³/mol. The number of nitrogens with one attached hydrogen (secondary N) is 1. The van der Waals surface area contributed by atoms with Gasteiger partial charge in [0.05, 0.1) is 11.7 Å². The highest BCUT2D eigenvalue weighted by atomic mass is 79.9. The molecule has 0 saturated heterocycles. The molecule has 2 aromatic rings. The van der Waals surface area contributed by atoms with Crippen LogP contribution >= 0.6 is 15.9 Å². The van der Waals surface area contributed by atoms with E-state index < -0.39 is 0 Å². The molecular formula is C16H18BrN3. The van der Waals surface area contributed by atoms with E-state index in [1.165, 1.54) is 11.3 Å². The lowest BCUT2D eigenvalue weighted by Crippen LogP contribution is -2.27. The topological polar surface area (TPSA) is 37.8 Å². The number of aryl methyl sites for hydroxylation is 1. The van der Waals surface area contributed by atoms with Crippen molar-refractivity contribution in [3.05, 3.63) is 58.1 Å². The number of pyridine rings is 2. The zero-order valence-corrected chi connectivity index (χ0v) is 13.1. The fraction of sp³-hybridized carbons (Fsp3) is 0.375. The highest BCUT2D eigenvalue weighted by molar-refractivity contribution is 9.10. The van der Waals surface area contributed by atoms with Crippen molar-refractivity contribution in [3.8, 4) is 0 Å². The minimum absolute atomic E-state index is 0.240. The molecule has 0 aromatic carbocycles. The number of fused-ring (bicyclic) bond motifs is 1. The van der Waals surface area contributed by atoms with Gasteiger partial charge >= 0.3 is 0 Å². The van der Waals surface area contributed by atoms with Crippen molar-refractivity contribution in [2.75, 3.05) is 6.54 Å². The van der Waals surface area contributed by atoms with Crippen LogP contribution in [-0.4, -0.2) is 16.5 Å². The van der Waals surface area contributed by atoms with Crippen LogP contribution in [0.3, 0.4) is 0 Å². The van der Waals surface area contributed by atoms with E-state index in [-0.39, 0.29) is 6.04 Å². The van der Waals surface area contributed by atoms with Gasteiger partial charge in [-0.25, -0.2) is 0 Å². The first kappa shape index (κ1) is 13.7. The number of halogens is 1. The van der Waals surface area contributed by atoms with Gasteiger partial charge in [-0.2, -0.15) is 0 Å². The van der Waals surface area contributed by atoms with E-state index in [1.807, 2.05) is 18.5 Å². The summed E-state index contributed by atoms with van der Waals surface area (Å²) in [5.41, 5.74) is 3.72. The van der Waals surface area contributed by atoms with Crippen LogP contribution in [0.1, 0.15) is 42.3 Å². The van der Waals surface area contributed by atoms with Crippen molar-refractivity contribution >= 4 is 15.9 Å². The third-order valence-electron chi connectivity index (χ3n) is 3.90. The maximum absolute atomic E-state index is 4.61. The van der Waals surface area contributed by atoms with Crippen LogP contribution in [0.5, 0.6) is 0 Å². The zero-order valence-electron chi connectivity index (χ0n) is 11.5. The van der Waals surface area contributed by atoms with Crippen LogP contribution in [0.25, 0.3) is 0 Å². The summed E-state index contributed by atoms with van der Waals surface area (Å²) in [6, 6.07) is 8.62. The van der Waals surface area contributed by atoms with E-state index in [0.717, 1.165) is 29.6 Å². The molecule has 0 aliphatic heterocycles. The van der Waals surface area contributed by atoms with Crippen molar-refractivity contribution in [1.29, 1.82) is 0 Å². The zero-order chi connectivity index (χ0) is 13.9. The second-order valence-corrected chi connectivity index (χ2v) is 6.05. The summed E-state index contributed by atoms with van der Waals surface area (Å²) in [4.78, 5) is 9.19. The lowest BCUT2D eigenvalue weighted by atomic mass is 9.93. The molecule has 2 unspecified atom stereocenters. The number of nitrogens with zero attached hydrogens (tertiary/aromatic N) is 2. The highest BCUT2D eigenvalue weighted by Gasteiger charge is 2.32. The largest absolute Gasteiger partial charge is 0.308 e. The third kappa shape index (κ3) is 2.63. The van der Waals surface area contributed by atoms with Crippen molar-refractivity contribution < 1.29 is 0 Å². The monoisotopic (exact) mass is 331 g/mol. The third-order valence-corrected chi connectivity index (χ3v) is 4.37. The van der Waals surface area contributed by atoms with E-state index in [9.17, 15) is 0 Å². The maximum atomic E-state index is 4.61. The number of rotatable bonds is 4. The number of aromatic nitrogens is 2. The highest BCUT2D eigenvalue weighted by Crippen LogP contribution is 2.39. The van der Waals surface area contributed by atoms with Gasteiger partial charge < -0.3 is 5.32 Å². The van der Waals surface area contributed by atoms with Gasteiger partial charge in [0.25, 0.3) is 0 Å². The minimum Gasteiger partial charge on any atom is -0.308 e. The van der Waals surface area contributed by atoms with Gasteiger partial charge in [0.2, 0.25) is 0 Å². The molecule has 0 radical (unpaired) electrons. The summed E-state index contributed by atoms with van der Waals surface area (Å²) >= 11 is 3.45. The van der Waals surface area contributed by atoms with Gasteiger partial charge in [0.15, 0.2) is 0 Å². The van der Waals surface area contributed by atoms with Crippen LogP contribution in [-0.2, 0) is 6.42 Å². The van der Waals surface area contributed by atoms with E-state index in [1.54, 1.807) is 0 Å². The van der Waals surface area contributed by atoms with Gasteiger partial charge in [-0.3, -0.25) is 9.97 Å². The summed E-state index contributed by atoms with van der Waals surface area (Å²) in [5, 5.41) is 3.58. The van der Waals surface area contributed by atoms with E-state index in [0.29, 0.717) is 5.92 Å². The summed E-state index contributed by atoms with van der Waals surface area (Å²) in [6.45, 7) is 3.07. The molecular weight excluding hydrogens is 314 g/mol. The van der Waals surface area contributed by atoms with Gasteiger partial charge in [-0.1, -0.05) is 13.0 Å². The molecule has 0 bridgehead atoms. The molecule has 2 atom stereocenters. The van der Waals surface area contributed by atoms with E-state index >= 15 is 0 Å². The molecule has 4 heteroatoms. The Hall–Kier alpha value is -1.26. The van der Waals surface area contributed by atoms with Crippen LogP contribution in [0.4, 0.5) is 0 Å². The Morgan fingerprint density at radius 1 is 1.35 bits per heavy atom. The maximum Gasteiger partial charge on any atom is 0.0580 e. The van der Waals surface area contributed by atoms with Crippen LogP contribution in [0.2, 0.25) is 0 Å². The summed E-state index contributed by atoms with van der Waals surface area (Å²) in [7, 11) is 0. The smallest absolute Gasteiger partial charge is 0.0580 e. The van der Waals surface area contributed by atoms with Crippen molar-refractivity contribution in [2.45, 2.75) is 31.7 Å². The average Bonchev–Trinajstić information content (AvgIpc) is 2.90. The molecule has 0 fully saturated rings. The van der Waals surface area contributed by atoms with Gasteiger partial charge in [0.1, 0.15) is 0 Å². The number of likely N-dealkylation sites (N-methyl/N-ethyl adjacent to an activating group) is 1. The van der Waals surface area contributed by atoms with Crippen LogP contribution in [0.15, 0.2) is 41.1 Å². The van der Waals surface area contributed by atoms with Crippen molar-refractivity contribution in [3.63, 3.8) is 0 Å². The summed E-state index contributed by atoms with van der Waals surface area (Å²) in [6.07, 6.45) is 6.02. The van der Waals surface area contributed by atoms with Gasteiger partial charge in [-0.15, -0.1) is 0 Å². The normalized spacial score (nSPS) is 18.8. The fourth-order valence-corrected chi connectivity index (χ4v) is 3.25. The van der Waals surface area contributed by atoms with Crippen molar-refractivity contribution in [2.24, 2.45) is 0 Å². The molecule has 3 nitrogen and oxygen atoms in total. The molecule has 104 valence electrons. The quantitative estimate of drug-likeness (QED) is 0.929. The molecule has 20 heavy (non-hydrogen) atoms. The first-order valence-corrected chi connectivity index (χ1v) is 7.87. The first-order valence-electron chi connectivity index (χ1n) is 7.08. The average molecular weight is 332 g/mol. The van der Waals surface area contributed by atoms with Gasteiger partial charge in [-0.05, 0) is 59.1 Å². The van der Waals surface area contributed by atoms with Crippen molar-refractivity contribution in [1.82, 2.24) is 15.3 Å². The second-order valence-electron chi connectivity index (χ2n) is 5.13. The molecule has 0 amide bonds. The van der Waals surface area contributed by atoms with Crippen LogP contribution < -0.4 is 5.32 Å². The molecule has 2 aromatic heterocycles. The molecule has 0 spiro atoms. The Balaban J connectivity index is 1.94. The molecule has 1 aliphatic rings. The SMILES string of the molecule is CCNC(c1ccc(Br)cn1)C1CCc2cccnc21. The molecule has 3 rings (SSSR count). The lowest BCUT2D eigenvalue weighted by Gasteiger charge is -2.24. The summed E-state index contributed by atoms with van der Waals surface area (Å²) in [5.74, 6) is 0.417. The Bertz CT molecular complexity index is 583. The second kappa shape index (κ2) is 6.02. The molecule has 2 heterocycles. The Morgan fingerprint density at radius 3 is 3.00 bits per heavy atom. The molecule has 1 aliphatic carbocycles. The van der Waals surface area contributed by atoms with Gasteiger partial charge in [0, 0.05) is 28.5 Å². The minimum atomic E-state index is 0.240. The van der Waals surface area contributed by atoms with E-state index in [2.05, 4.69) is 56.3 Å². The van der Waals surface area contributed by atoms with Crippen LogP contribution in [0, 0.1) is 0 Å². The predicted octanol–water partition coefficient (Wildman–Crippen LogP) is 3.62. The first-order chi connectivity index (χ1) is 9.79. The Kier molecular flexibility index (Phi) is 4.13. The Labute approximate surface area is 128 Å². The standard InChI is InChI=1S/C16H18BrN3/c1-2-18-16(14-8-6-12(17)10-20-14)13-7-5-11-4-3-9-19-15(11)13/h3-4,6,8-10,13,16,18H,2,5,7H2,1H3. The lowest BCUT2D eigenvalue weighted by molar-refractivity contribution is 0.438. The number of hydrogen-bond donors (Lipinski definition) is 1.